The van der Waals surface area contributed by atoms with Crippen LogP contribution in [-0.2, 0) is 10.7 Å². The van der Waals surface area contributed by atoms with Crippen LogP contribution in [0.25, 0.3) is 11.0 Å². The topological polar surface area (TPSA) is 99.4 Å². The Morgan fingerprint density at radius 3 is 2.68 bits per heavy atom. The first kappa shape index (κ1) is 28.8. The number of unbranched alkanes of at least 4 members (excludes halogenated alkanes) is 1. The third-order valence-corrected chi connectivity index (χ3v) is 7.21. The smallest absolute Gasteiger partial charge is 0.295 e. The van der Waals surface area contributed by atoms with Crippen molar-refractivity contribution >= 4 is 16.9 Å². The molecule has 0 spiro atoms. The maximum absolute atomic E-state index is 15.7. The molecule has 0 aliphatic heterocycles. The maximum Gasteiger partial charge on any atom is 0.295 e. The number of ether oxygens (including phenoxy) is 2. The highest BCUT2D eigenvalue weighted by Crippen LogP contribution is 2.40. The van der Waals surface area contributed by atoms with E-state index in [2.05, 4.69) is 21.9 Å². The molecular weight excluding hydrogens is 478 g/mol. The van der Waals surface area contributed by atoms with E-state index in [1.165, 1.54) is 32.8 Å². The summed E-state index contributed by atoms with van der Waals surface area (Å²) < 4.78 is 42.7. The van der Waals surface area contributed by atoms with E-state index < -0.39 is 17.7 Å². The van der Waals surface area contributed by atoms with Crippen LogP contribution < -0.4 is 20.5 Å². The van der Waals surface area contributed by atoms with Crippen molar-refractivity contribution in [1.82, 2.24) is 15.3 Å². The number of amides is 1. The van der Waals surface area contributed by atoms with E-state index in [4.69, 9.17) is 15.2 Å². The monoisotopic (exact) mass is 518 g/mol. The number of nitrogens with one attached hydrogen (secondary N) is 1. The van der Waals surface area contributed by atoms with E-state index >= 15 is 8.78 Å². The molecule has 2 aromatic rings. The highest BCUT2D eigenvalue weighted by atomic mass is 19.3. The zero-order valence-electron chi connectivity index (χ0n) is 22.0. The molecular formula is C28H40F2N4O3. The molecule has 0 unspecified atom stereocenters. The summed E-state index contributed by atoms with van der Waals surface area (Å²) in [5, 5.41) is 2.69. The van der Waals surface area contributed by atoms with Crippen molar-refractivity contribution in [1.29, 1.82) is 0 Å². The number of benzene rings is 1. The number of hydrogen-bond acceptors (Lipinski definition) is 6. The van der Waals surface area contributed by atoms with Crippen molar-refractivity contribution in [3.63, 3.8) is 0 Å². The van der Waals surface area contributed by atoms with E-state index in [0.29, 0.717) is 35.5 Å². The zero-order valence-corrected chi connectivity index (χ0v) is 22.0. The Bertz CT molecular complexity index is 1040. The molecule has 0 bridgehead atoms. The molecule has 1 heterocycles. The van der Waals surface area contributed by atoms with E-state index in [1.807, 2.05) is 6.92 Å². The second-order valence-electron chi connectivity index (χ2n) is 9.81. The second-order valence-corrected chi connectivity index (χ2v) is 9.81. The van der Waals surface area contributed by atoms with Gasteiger partial charge in [-0.25, -0.2) is 9.97 Å². The molecule has 9 heteroatoms. The van der Waals surface area contributed by atoms with E-state index in [-0.39, 0.29) is 37.2 Å². The number of nitrogens with zero attached hydrogens (tertiary/aromatic N) is 2. The van der Waals surface area contributed by atoms with E-state index in [0.717, 1.165) is 12.8 Å². The van der Waals surface area contributed by atoms with Crippen LogP contribution in [0.1, 0.15) is 70.4 Å². The lowest BCUT2D eigenvalue weighted by atomic mass is 9.98. The normalized spacial score (nSPS) is 15.9. The van der Waals surface area contributed by atoms with Gasteiger partial charge in [0.1, 0.15) is 11.9 Å². The molecule has 1 aliphatic rings. The van der Waals surface area contributed by atoms with Gasteiger partial charge in [-0.15, -0.1) is 6.58 Å². The van der Waals surface area contributed by atoms with Gasteiger partial charge in [-0.3, -0.25) is 4.79 Å². The van der Waals surface area contributed by atoms with Crippen LogP contribution in [0.2, 0.25) is 0 Å². The Hall–Kier alpha value is -2.81. The highest BCUT2D eigenvalue weighted by molar-refractivity contribution is 5.78. The predicted molar refractivity (Wildman–Crippen MR) is 141 cm³/mol. The number of rotatable bonds is 15. The fourth-order valence-electron chi connectivity index (χ4n) is 4.95. The summed E-state index contributed by atoms with van der Waals surface area (Å²) in [7, 11) is 1.52. The SMILES string of the molecule is C=C[C@H](CC)[C@H](CNC(=O)CN)Oc1nc2cc(OC)ccc2nc1C(F)(F)CCCCC1CCCC1. The summed E-state index contributed by atoms with van der Waals surface area (Å²) in [6.07, 6.45) is 8.37. The molecule has 1 amide bonds. The average Bonchev–Trinajstić information content (AvgIpc) is 3.43. The number of aromatic nitrogens is 2. The van der Waals surface area contributed by atoms with Crippen molar-refractivity contribution < 1.29 is 23.0 Å². The van der Waals surface area contributed by atoms with Gasteiger partial charge >= 0.3 is 0 Å². The van der Waals surface area contributed by atoms with Crippen LogP contribution in [0.4, 0.5) is 8.78 Å². The minimum Gasteiger partial charge on any atom is -0.497 e. The molecule has 1 fully saturated rings. The van der Waals surface area contributed by atoms with Crippen LogP contribution in [-0.4, -0.2) is 42.2 Å². The summed E-state index contributed by atoms with van der Waals surface area (Å²) in [5.74, 6) is -2.86. The molecule has 37 heavy (non-hydrogen) atoms. The second kappa shape index (κ2) is 13.7. The van der Waals surface area contributed by atoms with Gasteiger partial charge in [0.15, 0.2) is 5.69 Å². The van der Waals surface area contributed by atoms with Crippen molar-refractivity contribution in [2.45, 2.75) is 76.7 Å². The number of nitrogens with two attached hydrogens (primary N) is 1. The molecule has 1 aliphatic carbocycles. The minimum atomic E-state index is -3.23. The van der Waals surface area contributed by atoms with Crippen LogP contribution >= 0.6 is 0 Å². The molecule has 1 saturated carbocycles. The van der Waals surface area contributed by atoms with Crippen LogP contribution in [0.15, 0.2) is 30.9 Å². The van der Waals surface area contributed by atoms with Gasteiger partial charge in [0.25, 0.3) is 5.92 Å². The Morgan fingerprint density at radius 1 is 1.27 bits per heavy atom. The van der Waals surface area contributed by atoms with Crippen LogP contribution in [0.5, 0.6) is 11.6 Å². The third kappa shape index (κ3) is 7.84. The maximum atomic E-state index is 15.7. The number of alkyl halides is 2. The van der Waals surface area contributed by atoms with Gasteiger partial charge < -0.3 is 20.5 Å². The quantitative estimate of drug-likeness (QED) is 0.238. The molecule has 0 radical (unpaired) electrons. The lowest BCUT2D eigenvalue weighted by Gasteiger charge is -2.27. The van der Waals surface area contributed by atoms with Crippen LogP contribution in [0.3, 0.4) is 0 Å². The highest BCUT2D eigenvalue weighted by Gasteiger charge is 2.38. The number of carbonyl (C=O) groups is 1. The molecule has 1 aromatic heterocycles. The number of hydrogen-bond donors (Lipinski definition) is 2. The first-order valence-electron chi connectivity index (χ1n) is 13.3. The summed E-state index contributed by atoms with van der Waals surface area (Å²) in [4.78, 5) is 20.6. The standard InChI is InChI=1S/C28H40F2N4O3/c1-4-20(5-2)24(18-32-25(35)17-31)37-27-26(33-22-14-13-21(36-3)16-23(22)34-27)28(29,30)15-9-8-12-19-10-6-7-11-19/h4,13-14,16,19-20,24H,1,5-12,15,17-18,31H2,2-3H3,(H,32,35)/t20-,24+/m1/s1. The summed E-state index contributed by atoms with van der Waals surface area (Å²) in [6, 6.07) is 4.91. The number of halogens is 2. The number of methoxy groups -OCH3 is 1. The van der Waals surface area contributed by atoms with Gasteiger partial charge in [0.05, 0.1) is 31.2 Å². The lowest BCUT2D eigenvalue weighted by molar-refractivity contribution is -0.120. The van der Waals surface area contributed by atoms with Crippen molar-refractivity contribution in [2.24, 2.45) is 17.6 Å². The van der Waals surface area contributed by atoms with Gasteiger partial charge in [0.2, 0.25) is 11.8 Å². The van der Waals surface area contributed by atoms with Crippen molar-refractivity contribution in [2.75, 3.05) is 20.2 Å². The van der Waals surface area contributed by atoms with E-state index in [1.54, 1.807) is 24.3 Å². The van der Waals surface area contributed by atoms with Gasteiger partial charge in [-0.1, -0.05) is 51.5 Å². The Kier molecular flexibility index (Phi) is 10.6. The Morgan fingerprint density at radius 2 is 2.03 bits per heavy atom. The molecule has 3 rings (SSSR count). The summed E-state index contributed by atoms with van der Waals surface area (Å²) in [6.45, 7) is 5.68. The Labute approximate surface area is 218 Å². The molecule has 3 N–H and O–H groups in total. The molecule has 1 aromatic carbocycles. The van der Waals surface area contributed by atoms with E-state index in [9.17, 15) is 4.79 Å². The Balaban J connectivity index is 1.90. The third-order valence-electron chi connectivity index (χ3n) is 7.21. The molecule has 7 nitrogen and oxygen atoms in total. The first-order valence-corrected chi connectivity index (χ1v) is 13.3. The number of fused-ring (bicyclic) bond motifs is 1. The molecule has 204 valence electrons. The first-order chi connectivity index (χ1) is 17.8. The van der Waals surface area contributed by atoms with Crippen LogP contribution in [0, 0.1) is 11.8 Å². The summed E-state index contributed by atoms with van der Waals surface area (Å²) in [5.41, 5.74) is 5.64. The minimum absolute atomic E-state index is 0.0742. The zero-order chi connectivity index (χ0) is 26.8. The largest absolute Gasteiger partial charge is 0.497 e. The van der Waals surface area contributed by atoms with Gasteiger partial charge in [-0.2, -0.15) is 8.78 Å². The lowest BCUT2D eigenvalue weighted by Crippen LogP contribution is -2.42. The fraction of sp³-hybridized carbons (Fsp3) is 0.607. The predicted octanol–water partition coefficient (Wildman–Crippen LogP) is 5.52. The molecule has 0 saturated heterocycles. The average molecular weight is 519 g/mol. The van der Waals surface area contributed by atoms with Crippen molar-refractivity contribution in [3.05, 3.63) is 36.5 Å². The van der Waals surface area contributed by atoms with Crippen molar-refractivity contribution in [3.8, 4) is 11.6 Å². The van der Waals surface area contributed by atoms with Gasteiger partial charge in [-0.05, 0) is 30.9 Å². The van der Waals surface area contributed by atoms with Gasteiger partial charge in [0, 0.05) is 18.4 Å². The fourth-order valence-corrected chi connectivity index (χ4v) is 4.95. The molecule has 2 atom stereocenters. The number of carbonyl (C=O) groups excluding carboxylic acids is 1. The summed E-state index contributed by atoms with van der Waals surface area (Å²) >= 11 is 0.